The first-order valence-corrected chi connectivity index (χ1v) is 8.27. The Balaban J connectivity index is 1.49. The molecule has 4 atom stereocenters. The van der Waals surface area contributed by atoms with Gasteiger partial charge in [0.1, 0.15) is 0 Å². The lowest BCUT2D eigenvalue weighted by Crippen LogP contribution is -2.20. The summed E-state index contributed by atoms with van der Waals surface area (Å²) >= 11 is 0. The highest BCUT2D eigenvalue weighted by atomic mass is 16.2. The van der Waals surface area contributed by atoms with Crippen molar-refractivity contribution < 1.29 is 4.79 Å². The molecule has 3 heteroatoms. The first kappa shape index (κ1) is 13.3. The minimum atomic E-state index is 0.126. The van der Waals surface area contributed by atoms with E-state index in [0.29, 0.717) is 6.42 Å². The molecule has 21 heavy (non-hydrogen) atoms. The molecule has 1 amide bonds. The molecular formula is C18H24N2O. The van der Waals surface area contributed by atoms with Crippen LogP contribution in [0.4, 0.5) is 5.69 Å². The summed E-state index contributed by atoms with van der Waals surface area (Å²) in [4.78, 5) is 13.5. The number of fused-ring (bicyclic) bond motifs is 3. The first-order chi connectivity index (χ1) is 10.1. The minimum absolute atomic E-state index is 0.126. The molecular weight excluding hydrogens is 260 g/mol. The molecule has 1 aliphatic heterocycles. The standard InChI is InChI=1S/C18H24N2O/c1-20-17-5-4-13(8-15(17)10-18(20)21)16(19)9-14-7-11-2-3-12(14)6-11/h4-5,8,11-12,14,16H,2-3,6-7,9-10,19H2,1H3. The lowest BCUT2D eigenvalue weighted by atomic mass is 9.83. The van der Waals surface area contributed by atoms with Crippen molar-refractivity contribution in [1.29, 1.82) is 0 Å². The van der Waals surface area contributed by atoms with E-state index >= 15 is 0 Å². The molecule has 2 N–H and O–H groups in total. The van der Waals surface area contributed by atoms with Crippen molar-refractivity contribution in [3.63, 3.8) is 0 Å². The van der Waals surface area contributed by atoms with Crippen LogP contribution in [0.2, 0.25) is 0 Å². The van der Waals surface area contributed by atoms with Crippen LogP contribution in [0.5, 0.6) is 0 Å². The molecule has 4 rings (SSSR count). The maximum Gasteiger partial charge on any atom is 0.231 e. The summed E-state index contributed by atoms with van der Waals surface area (Å²) in [6.45, 7) is 0. The Bertz CT molecular complexity index is 583. The van der Waals surface area contributed by atoms with Crippen molar-refractivity contribution in [1.82, 2.24) is 0 Å². The van der Waals surface area contributed by atoms with Gasteiger partial charge >= 0.3 is 0 Å². The molecule has 2 aliphatic carbocycles. The molecule has 4 unspecified atom stereocenters. The summed E-state index contributed by atoms with van der Waals surface area (Å²) in [6, 6.07) is 6.47. The maximum absolute atomic E-state index is 11.8. The molecule has 2 bridgehead atoms. The smallest absolute Gasteiger partial charge is 0.231 e. The summed E-state index contributed by atoms with van der Waals surface area (Å²) < 4.78 is 0. The zero-order valence-corrected chi connectivity index (χ0v) is 12.7. The predicted molar refractivity (Wildman–Crippen MR) is 84.0 cm³/mol. The molecule has 3 nitrogen and oxygen atoms in total. The number of hydrogen-bond acceptors (Lipinski definition) is 2. The van der Waals surface area contributed by atoms with Gasteiger partial charge < -0.3 is 10.6 Å². The normalized spacial score (nSPS) is 31.8. The highest BCUT2D eigenvalue weighted by molar-refractivity contribution is 6.00. The molecule has 0 saturated heterocycles. The summed E-state index contributed by atoms with van der Waals surface area (Å²) in [5, 5.41) is 0. The second kappa shape index (κ2) is 4.84. The summed E-state index contributed by atoms with van der Waals surface area (Å²) in [5.41, 5.74) is 9.87. The summed E-state index contributed by atoms with van der Waals surface area (Å²) in [6.07, 6.45) is 7.35. The van der Waals surface area contributed by atoms with Crippen molar-refractivity contribution in [2.45, 2.75) is 44.6 Å². The van der Waals surface area contributed by atoms with Crippen molar-refractivity contribution >= 4 is 11.6 Å². The molecule has 0 aromatic heterocycles. The first-order valence-electron chi connectivity index (χ1n) is 8.27. The Morgan fingerprint density at radius 3 is 2.90 bits per heavy atom. The number of amides is 1. The monoisotopic (exact) mass is 284 g/mol. The average Bonchev–Trinajstić information content (AvgIpc) is 3.15. The van der Waals surface area contributed by atoms with Gasteiger partial charge in [-0.3, -0.25) is 4.79 Å². The van der Waals surface area contributed by atoms with Gasteiger partial charge in [-0.1, -0.05) is 18.6 Å². The molecule has 2 saturated carbocycles. The van der Waals surface area contributed by atoms with E-state index in [1.807, 2.05) is 7.05 Å². The maximum atomic E-state index is 11.8. The number of nitrogens with zero attached hydrogens (tertiary/aromatic N) is 1. The molecule has 1 aromatic carbocycles. The fraction of sp³-hybridized carbons (Fsp3) is 0.611. The third kappa shape index (κ3) is 2.18. The highest BCUT2D eigenvalue weighted by Crippen LogP contribution is 2.50. The molecule has 0 spiro atoms. The molecule has 0 radical (unpaired) electrons. The van der Waals surface area contributed by atoms with E-state index in [1.165, 1.54) is 31.2 Å². The lowest BCUT2D eigenvalue weighted by Gasteiger charge is -2.25. The number of rotatable bonds is 3. The second-order valence-electron chi connectivity index (χ2n) is 7.29. The van der Waals surface area contributed by atoms with Gasteiger partial charge in [0, 0.05) is 18.8 Å². The van der Waals surface area contributed by atoms with Gasteiger partial charge in [0.25, 0.3) is 0 Å². The molecule has 1 aromatic rings. The van der Waals surface area contributed by atoms with E-state index < -0.39 is 0 Å². The van der Waals surface area contributed by atoms with Gasteiger partial charge in [-0.15, -0.1) is 0 Å². The SMILES string of the molecule is CN1C(=O)Cc2cc(C(N)CC3CC4CCC3C4)ccc21. The third-order valence-corrected chi connectivity index (χ3v) is 6.05. The quantitative estimate of drug-likeness (QED) is 0.927. The van der Waals surface area contributed by atoms with Crippen LogP contribution in [0.3, 0.4) is 0 Å². The Morgan fingerprint density at radius 1 is 1.33 bits per heavy atom. The molecule has 1 heterocycles. The molecule has 2 fully saturated rings. The van der Waals surface area contributed by atoms with Crippen LogP contribution in [-0.4, -0.2) is 13.0 Å². The number of nitrogens with two attached hydrogens (primary N) is 1. The van der Waals surface area contributed by atoms with E-state index in [4.69, 9.17) is 5.73 Å². The van der Waals surface area contributed by atoms with Crippen molar-refractivity contribution in [3.05, 3.63) is 29.3 Å². The van der Waals surface area contributed by atoms with Crippen LogP contribution in [0.25, 0.3) is 0 Å². The third-order valence-electron chi connectivity index (χ3n) is 6.05. The van der Waals surface area contributed by atoms with Gasteiger partial charge in [-0.2, -0.15) is 0 Å². The zero-order chi connectivity index (χ0) is 14.6. The topological polar surface area (TPSA) is 46.3 Å². The fourth-order valence-corrected chi connectivity index (χ4v) is 4.85. The number of hydrogen-bond donors (Lipinski definition) is 1. The Morgan fingerprint density at radius 2 is 2.19 bits per heavy atom. The van der Waals surface area contributed by atoms with Crippen LogP contribution in [0, 0.1) is 17.8 Å². The molecule has 112 valence electrons. The van der Waals surface area contributed by atoms with Gasteiger partial charge in [0.2, 0.25) is 5.91 Å². The Labute approximate surface area is 126 Å². The van der Waals surface area contributed by atoms with Crippen LogP contribution in [-0.2, 0) is 11.2 Å². The van der Waals surface area contributed by atoms with Crippen LogP contribution < -0.4 is 10.6 Å². The number of likely N-dealkylation sites (N-methyl/N-ethyl adjacent to an activating group) is 1. The van der Waals surface area contributed by atoms with Crippen LogP contribution in [0.15, 0.2) is 18.2 Å². The summed E-state index contributed by atoms with van der Waals surface area (Å²) in [7, 11) is 1.85. The van der Waals surface area contributed by atoms with Gasteiger partial charge in [-0.05, 0) is 60.6 Å². The fourth-order valence-electron chi connectivity index (χ4n) is 4.85. The van der Waals surface area contributed by atoms with E-state index in [1.54, 1.807) is 4.90 Å². The van der Waals surface area contributed by atoms with Crippen molar-refractivity contribution in [2.75, 3.05) is 11.9 Å². The van der Waals surface area contributed by atoms with E-state index in [0.717, 1.165) is 35.4 Å². The Hall–Kier alpha value is -1.35. The zero-order valence-electron chi connectivity index (χ0n) is 12.7. The van der Waals surface area contributed by atoms with Gasteiger partial charge in [0.15, 0.2) is 0 Å². The average molecular weight is 284 g/mol. The molecule has 3 aliphatic rings. The Kier molecular flexibility index (Phi) is 3.07. The largest absolute Gasteiger partial charge is 0.324 e. The summed E-state index contributed by atoms with van der Waals surface area (Å²) in [5.74, 6) is 2.93. The number of anilines is 1. The van der Waals surface area contributed by atoms with Crippen molar-refractivity contribution in [3.8, 4) is 0 Å². The highest BCUT2D eigenvalue weighted by Gasteiger charge is 2.40. The van der Waals surface area contributed by atoms with Crippen LogP contribution >= 0.6 is 0 Å². The number of carbonyl (C=O) groups excluding carboxylic acids is 1. The van der Waals surface area contributed by atoms with Crippen LogP contribution in [0.1, 0.15) is 49.3 Å². The minimum Gasteiger partial charge on any atom is -0.324 e. The second-order valence-corrected chi connectivity index (χ2v) is 7.29. The predicted octanol–water partition coefficient (Wildman–Crippen LogP) is 3.03. The van der Waals surface area contributed by atoms with E-state index in [9.17, 15) is 4.79 Å². The number of benzene rings is 1. The van der Waals surface area contributed by atoms with E-state index in [2.05, 4.69) is 18.2 Å². The van der Waals surface area contributed by atoms with Gasteiger partial charge in [-0.25, -0.2) is 0 Å². The number of carbonyl (C=O) groups is 1. The lowest BCUT2D eigenvalue weighted by molar-refractivity contribution is -0.117. The van der Waals surface area contributed by atoms with Crippen molar-refractivity contribution in [2.24, 2.45) is 23.5 Å². The van der Waals surface area contributed by atoms with E-state index in [-0.39, 0.29) is 11.9 Å². The van der Waals surface area contributed by atoms with Gasteiger partial charge in [0.05, 0.1) is 6.42 Å².